The highest BCUT2D eigenvalue weighted by molar-refractivity contribution is 6.04. The molecule has 36 heavy (non-hydrogen) atoms. The van der Waals surface area contributed by atoms with E-state index in [0.29, 0.717) is 46.9 Å². The number of ether oxygens (including phenoxy) is 4. The number of nitrogens with one attached hydrogen (secondary N) is 1. The molecule has 1 heterocycles. The van der Waals surface area contributed by atoms with Gasteiger partial charge in [0, 0.05) is 29.0 Å². The Morgan fingerprint density at radius 2 is 1.64 bits per heavy atom. The van der Waals surface area contributed by atoms with Crippen molar-refractivity contribution >= 4 is 11.8 Å². The molecule has 2 atom stereocenters. The zero-order chi connectivity index (χ0) is 26.0. The Hall–Kier alpha value is -3.74. The molecule has 2 aromatic carbocycles. The number of ketones is 1. The van der Waals surface area contributed by atoms with E-state index < -0.39 is 11.9 Å². The number of esters is 1. The molecule has 2 aromatic rings. The maximum atomic E-state index is 13.8. The first-order valence-corrected chi connectivity index (χ1v) is 12.1. The normalized spacial score (nSPS) is 19.6. The predicted octanol–water partition coefficient (Wildman–Crippen LogP) is 5.03. The third kappa shape index (κ3) is 4.70. The van der Waals surface area contributed by atoms with Crippen LogP contribution in [0.2, 0.25) is 0 Å². The van der Waals surface area contributed by atoms with Crippen LogP contribution in [0.3, 0.4) is 0 Å². The highest BCUT2D eigenvalue weighted by Gasteiger charge is 2.42. The quantitative estimate of drug-likeness (QED) is 0.544. The van der Waals surface area contributed by atoms with Crippen LogP contribution < -0.4 is 19.5 Å². The Labute approximate surface area is 212 Å². The van der Waals surface area contributed by atoms with Crippen LogP contribution in [-0.2, 0) is 14.3 Å². The lowest BCUT2D eigenvalue weighted by molar-refractivity contribution is -0.143. The zero-order valence-corrected chi connectivity index (χ0v) is 21.6. The smallest absolute Gasteiger partial charge is 0.337 e. The van der Waals surface area contributed by atoms with Gasteiger partial charge in [-0.05, 0) is 56.9 Å². The first kappa shape index (κ1) is 25.4. The molecule has 0 radical (unpaired) electrons. The number of allylic oxidation sites excluding steroid dienone is 3. The first-order valence-electron chi connectivity index (χ1n) is 12.1. The summed E-state index contributed by atoms with van der Waals surface area (Å²) < 4.78 is 22.1. The van der Waals surface area contributed by atoms with E-state index in [1.54, 1.807) is 21.3 Å². The summed E-state index contributed by atoms with van der Waals surface area (Å²) in [5.74, 6) is 0.812. The summed E-state index contributed by atoms with van der Waals surface area (Å²) in [5.41, 5.74) is 4.29. The molecule has 0 bridgehead atoms. The number of benzene rings is 2. The average Bonchev–Trinajstić information content (AvgIpc) is 2.86. The molecule has 7 nitrogen and oxygen atoms in total. The van der Waals surface area contributed by atoms with Gasteiger partial charge in [-0.25, -0.2) is 4.79 Å². The maximum Gasteiger partial charge on any atom is 0.337 e. The number of Topliss-reactive ketones (excluding diaryl/α,β-unsaturated/α-hetero) is 1. The fourth-order valence-corrected chi connectivity index (χ4v) is 5.15. The highest BCUT2D eigenvalue weighted by atomic mass is 16.5. The summed E-state index contributed by atoms with van der Waals surface area (Å²) in [6.45, 7) is 5.48. The van der Waals surface area contributed by atoms with Gasteiger partial charge in [0.25, 0.3) is 0 Å². The number of para-hydroxylation sites is 1. The van der Waals surface area contributed by atoms with Gasteiger partial charge < -0.3 is 24.3 Å². The SMILES string of the molecule is COc1ccc([C@H]2CC(=O)C3=C(C2)NC(C)=C(C(=O)OC(C)C)[C@@H]3c2ccccc2OC)cc1OC. The molecular weight excluding hydrogens is 458 g/mol. The van der Waals surface area contributed by atoms with E-state index in [2.05, 4.69) is 5.32 Å². The Kier molecular flexibility index (Phi) is 7.38. The van der Waals surface area contributed by atoms with Gasteiger partial charge in [0.05, 0.1) is 38.9 Å². The monoisotopic (exact) mass is 491 g/mol. The zero-order valence-electron chi connectivity index (χ0n) is 21.6. The van der Waals surface area contributed by atoms with E-state index >= 15 is 0 Å². The number of dihydropyridines is 1. The number of carbonyl (C=O) groups excluding carboxylic acids is 2. The van der Waals surface area contributed by atoms with Crippen molar-refractivity contribution in [2.75, 3.05) is 21.3 Å². The Bertz CT molecular complexity index is 1240. The third-order valence-electron chi connectivity index (χ3n) is 6.72. The van der Waals surface area contributed by atoms with Crippen LogP contribution in [0.15, 0.2) is 65.0 Å². The van der Waals surface area contributed by atoms with Gasteiger partial charge in [0.1, 0.15) is 5.75 Å². The molecule has 0 spiro atoms. The minimum atomic E-state index is -0.581. The summed E-state index contributed by atoms with van der Waals surface area (Å²) in [6, 6.07) is 13.3. The van der Waals surface area contributed by atoms with Crippen LogP contribution in [0.1, 0.15) is 56.6 Å². The molecule has 0 unspecified atom stereocenters. The van der Waals surface area contributed by atoms with E-state index in [0.717, 1.165) is 16.8 Å². The molecule has 0 amide bonds. The maximum absolute atomic E-state index is 13.8. The lowest BCUT2D eigenvalue weighted by Crippen LogP contribution is -2.36. The Morgan fingerprint density at radius 1 is 0.944 bits per heavy atom. The van der Waals surface area contributed by atoms with Crippen molar-refractivity contribution in [2.45, 2.75) is 51.6 Å². The van der Waals surface area contributed by atoms with Crippen molar-refractivity contribution in [3.05, 3.63) is 76.1 Å². The Morgan fingerprint density at radius 3 is 2.31 bits per heavy atom. The van der Waals surface area contributed by atoms with Crippen LogP contribution in [0, 0.1) is 0 Å². The van der Waals surface area contributed by atoms with Gasteiger partial charge in [-0.3, -0.25) is 4.79 Å². The van der Waals surface area contributed by atoms with E-state index in [4.69, 9.17) is 18.9 Å². The molecule has 2 aliphatic rings. The van der Waals surface area contributed by atoms with Crippen LogP contribution in [-0.4, -0.2) is 39.2 Å². The van der Waals surface area contributed by atoms with E-state index in [9.17, 15) is 9.59 Å². The van der Waals surface area contributed by atoms with Crippen molar-refractivity contribution in [3.63, 3.8) is 0 Å². The number of hydrogen-bond donors (Lipinski definition) is 1. The van der Waals surface area contributed by atoms with Gasteiger partial charge in [-0.1, -0.05) is 24.3 Å². The first-order chi connectivity index (χ1) is 17.3. The summed E-state index contributed by atoms with van der Waals surface area (Å²) in [6.07, 6.45) is 0.641. The van der Waals surface area contributed by atoms with Crippen LogP contribution in [0.4, 0.5) is 0 Å². The number of methoxy groups -OCH3 is 3. The van der Waals surface area contributed by atoms with Crippen molar-refractivity contribution in [3.8, 4) is 17.2 Å². The van der Waals surface area contributed by atoms with Crippen molar-refractivity contribution in [2.24, 2.45) is 0 Å². The average molecular weight is 492 g/mol. The molecule has 1 aliphatic carbocycles. The fourth-order valence-electron chi connectivity index (χ4n) is 5.15. The highest BCUT2D eigenvalue weighted by Crippen LogP contribution is 2.48. The molecule has 190 valence electrons. The number of carbonyl (C=O) groups is 2. The molecular formula is C29H33NO6. The van der Waals surface area contributed by atoms with Crippen molar-refractivity contribution in [1.29, 1.82) is 0 Å². The molecule has 4 rings (SSSR count). The van der Waals surface area contributed by atoms with E-state index in [-0.39, 0.29) is 17.8 Å². The molecule has 7 heteroatoms. The Balaban J connectivity index is 1.80. The minimum absolute atomic E-state index is 0.0122. The third-order valence-corrected chi connectivity index (χ3v) is 6.72. The minimum Gasteiger partial charge on any atom is -0.496 e. The van der Waals surface area contributed by atoms with Gasteiger partial charge in [-0.15, -0.1) is 0 Å². The van der Waals surface area contributed by atoms with E-state index in [1.165, 1.54) is 0 Å². The number of hydrogen-bond acceptors (Lipinski definition) is 7. The van der Waals surface area contributed by atoms with Gasteiger partial charge >= 0.3 is 5.97 Å². The van der Waals surface area contributed by atoms with Gasteiger partial charge in [0.2, 0.25) is 0 Å². The lowest BCUT2D eigenvalue weighted by atomic mass is 9.71. The fraction of sp³-hybridized carbons (Fsp3) is 0.379. The second kappa shape index (κ2) is 10.5. The largest absolute Gasteiger partial charge is 0.496 e. The molecule has 1 aliphatic heterocycles. The second-order valence-corrected chi connectivity index (χ2v) is 9.33. The lowest BCUT2D eigenvalue weighted by Gasteiger charge is -2.37. The van der Waals surface area contributed by atoms with Crippen LogP contribution in [0.25, 0.3) is 0 Å². The van der Waals surface area contributed by atoms with Gasteiger partial charge in [-0.2, -0.15) is 0 Å². The summed E-state index contributed by atoms with van der Waals surface area (Å²) in [4.78, 5) is 27.1. The number of rotatable bonds is 7. The second-order valence-electron chi connectivity index (χ2n) is 9.33. The molecule has 0 saturated carbocycles. The van der Waals surface area contributed by atoms with Crippen molar-refractivity contribution in [1.82, 2.24) is 5.32 Å². The molecule has 0 fully saturated rings. The molecule has 0 saturated heterocycles. The van der Waals surface area contributed by atoms with Crippen LogP contribution in [0.5, 0.6) is 17.2 Å². The topological polar surface area (TPSA) is 83.1 Å². The summed E-state index contributed by atoms with van der Waals surface area (Å²) in [7, 11) is 4.79. The van der Waals surface area contributed by atoms with Gasteiger partial charge in [0.15, 0.2) is 17.3 Å². The van der Waals surface area contributed by atoms with Crippen LogP contribution >= 0.6 is 0 Å². The van der Waals surface area contributed by atoms with E-state index in [1.807, 2.05) is 63.2 Å². The summed E-state index contributed by atoms with van der Waals surface area (Å²) in [5, 5.41) is 3.38. The predicted molar refractivity (Wildman–Crippen MR) is 136 cm³/mol. The molecule has 0 aromatic heterocycles. The summed E-state index contributed by atoms with van der Waals surface area (Å²) >= 11 is 0. The molecule has 1 N–H and O–H groups in total. The standard InChI is InChI=1S/C29H33NO6/c1-16(2)36-29(32)26-17(3)30-21-13-19(18-11-12-24(34-5)25(15-18)35-6)14-22(31)28(21)27(26)20-9-7-8-10-23(20)33-4/h7-12,15-16,19,27,30H,13-14H2,1-6H3/t19-,27+/m1/s1. The van der Waals surface area contributed by atoms with Crippen molar-refractivity contribution < 1.29 is 28.5 Å².